The Bertz CT molecular complexity index is 1030. The van der Waals surface area contributed by atoms with E-state index in [0.29, 0.717) is 12.3 Å². The molecule has 3 saturated carbocycles. The monoisotopic (exact) mass is 496 g/mol. The van der Waals surface area contributed by atoms with Crippen molar-refractivity contribution in [2.75, 3.05) is 6.61 Å². The van der Waals surface area contributed by atoms with Gasteiger partial charge in [0.1, 0.15) is 17.3 Å². The van der Waals surface area contributed by atoms with E-state index in [9.17, 15) is 22.8 Å². The van der Waals surface area contributed by atoms with Crippen LogP contribution < -0.4 is 20.1 Å². The molecule has 6 nitrogen and oxygen atoms in total. The van der Waals surface area contributed by atoms with Gasteiger partial charge in [-0.1, -0.05) is 23.7 Å². The van der Waals surface area contributed by atoms with Gasteiger partial charge < -0.3 is 20.1 Å². The van der Waals surface area contributed by atoms with Crippen LogP contribution in [0.5, 0.6) is 11.5 Å². The van der Waals surface area contributed by atoms with Gasteiger partial charge in [-0.25, -0.2) is 4.39 Å². The standard InChI is InChI=1S/C24H24ClF3N2O4/c25-19-6-5-17(9-20(19)26)33-12-22(31)30-21-10-18(14-7-15(21)8-14)23(32)29-11-13-1-3-16(4-2-13)34-24(27)28/h1-6,9,14-15,18,21,24H,7-8,10-12H2,(H,29,32)(H,30,31)/t14?,15?,18-,21?/m1/s1. The molecule has 3 fully saturated rings. The van der Waals surface area contributed by atoms with E-state index in [2.05, 4.69) is 15.4 Å². The second-order valence-electron chi connectivity index (χ2n) is 8.61. The van der Waals surface area contributed by atoms with Crippen LogP contribution >= 0.6 is 11.6 Å². The van der Waals surface area contributed by atoms with E-state index >= 15 is 0 Å². The fourth-order valence-electron chi connectivity index (χ4n) is 4.60. The largest absolute Gasteiger partial charge is 0.484 e. The van der Waals surface area contributed by atoms with E-state index < -0.39 is 12.4 Å². The first-order valence-corrected chi connectivity index (χ1v) is 11.3. The Morgan fingerprint density at radius 1 is 1.03 bits per heavy atom. The van der Waals surface area contributed by atoms with Gasteiger partial charge in [-0.3, -0.25) is 9.59 Å². The highest BCUT2D eigenvalue weighted by Gasteiger charge is 2.48. The summed E-state index contributed by atoms with van der Waals surface area (Å²) >= 11 is 5.64. The van der Waals surface area contributed by atoms with E-state index in [1.54, 1.807) is 12.1 Å². The van der Waals surface area contributed by atoms with E-state index in [1.807, 2.05) is 0 Å². The molecule has 0 spiro atoms. The summed E-state index contributed by atoms with van der Waals surface area (Å²) in [7, 11) is 0. The minimum absolute atomic E-state index is 0.0272. The normalized spacial score (nSPS) is 23.1. The number of hydrogen-bond acceptors (Lipinski definition) is 4. The van der Waals surface area contributed by atoms with Crippen molar-refractivity contribution in [3.8, 4) is 11.5 Å². The number of nitrogens with one attached hydrogen (secondary N) is 2. The number of ether oxygens (including phenoxy) is 2. The zero-order valence-electron chi connectivity index (χ0n) is 18.1. The lowest BCUT2D eigenvalue weighted by atomic mass is 9.57. The van der Waals surface area contributed by atoms with Crippen molar-refractivity contribution in [1.29, 1.82) is 0 Å². The first kappa shape index (κ1) is 24.2. The Balaban J connectivity index is 1.24. The van der Waals surface area contributed by atoms with Gasteiger partial charge >= 0.3 is 6.61 Å². The molecule has 182 valence electrons. The van der Waals surface area contributed by atoms with Gasteiger partial charge in [0.15, 0.2) is 6.61 Å². The molecule has 0 aromatic heterocycles. The van der Waals surface area contributed by atoms with Crippen LogP contribution in [0.2, 0.25) is 5.02 Å². The van der Waals surface area contributed by atoms with Crippen LogP contribution in [0.1, 0.15) is 24.8 Å². The molecule has 2 aromatic rings. The summed E-state index contributed by atoms with van der Waals surface area (Å²) in [5.41, 5.74) is 0.762. The Morgan fingerprint density at radius 3 is 2.41 bits per heavy atom. The van der Waals surface area contributed by atoms with Crippen LogP contribution in [-0.2, 0) is 16.1 Å². The summed E-state index contributed by atoms with van der Waals surface area (Å²) in [5, 5.41) is 5.82. The van der Waals surface area contributed by atoms with E-state index in [1.165, 1.54) is 24.3 Å². The van der Waals surface area contributed by atoms with Crippen molar-refractivity contribution >= 4 is 23.4 Å². The summed E-state index contributed by atoms with van der Waals surface area (Å²) in [6, 6.07) is 9.91. The van der Waals surface area contributed by atoms with Gasteiger partial charge in [-0.2, -0.15) is 8.78 Å². The third kappa shape index (κ3) is 5.94. The van der Waals surface area contributed by atoms with Crippen LogP contribution in [0, 0.1) is 23.6 Å². The van der Waals surface area contributed by atoms with E-state index in [4.69, 9.17) is 16.3 Å². The fourth-order valence-corrected chi connectivity index (χ4v) is 4.71. The highest BCUT2D eigenvalue weighted by Crippen LogP contribution is 2.49. The number of carbonyl (C=O) groups excluding carboxylic acids is 2. The molecule has 2 N–H and O–H groups in total. The van der Waals surface area contributed by atoms with Crippen LogP contribution in [0.15, 0.2) is 42.5 Å². The molecule has 5 rings (SSSR count). The fraction of sp³-hybridized carbons (Fsp3) is 0.417. The number of fused-ring (bicyclic) bond motifs is 2. The first-order chi connectivity index (χ1) is 16.3. The number of hydrogen-bond donors (Lipinski definition) is 2. The average molecular weight is 497 g/mol. The highest BCUT2D eigenvalue weighted by molar-refractivity contribution is 6.30. The SMILES string of the molecule is O=C(COc1ccc(Cl)c(F)c1)NC1C[C@@H](C(=O)NCc2ccc(OC(F)F)cc2)C2CC1C2. The molecule has 34 heavy (non-hydrogen) atoms. The van der Waals surface area contributed by atoms with Gasteiger partial charge in [0.2, 0.25) is 5.91 Å². The molecular weight excluding hydrogens is 473 g/mol. The Morgan fingerprint density at radius 2 is 1.74 bits per heavy atom. The van der Waals surface area contributed by atoms with Crippen LogP contribution in [-0.4, -0.2) is 31.1 Å². The Labute approximate surface area is 199 Å². The number of alkyl halides is 2. The quantitative estimate of drug-likeness (QED) is 0.542. The number of amides is 2. The maximum Gasteiger partial charge on any atom is 0.387 e. The number of halogens is 4. The van der Waals surface area contributed by atoms with E-state index in [0.717, 1.165) is 24.5 Å². The second kappa shape index (κ2) is 10.5. The lowest BCUT2D eigenvalue weighted by Crippen LogP contribution is -2.56. The van der Waals surface area contributed by atoms with Crippen molar-refractivity contribution in [2.45, 2.75) is 38.5 Å². The predicted octanol–water partition coefficient (Wildman–Crippen LogP) is 4.31. The topological polar surface area (TPSA) is 76.7 Å². The smallest absolute Gasteiger partial charge is 0.387 e. The maximum atomic E-state index is 13.5. The van der Waals surface area contributed by atoms with Gasteiger partial charge in [-0.15, -0.1) is 0 Å². The van der Waals surface area contributed by atoms with Crippen molar-refractivity contribution in [1.82, 2.24) is 10.6 Å². The first-order valence-electron chi connectivity index (χ1n) is 11.0. The summed E-state index contributed by atoms with van der Waals surface area (Å²) in [5.74, 6) is -0.403. The van der Waals surface area contributed by atoms with Crippen LogP contribution in [0.3, 0.4) is 0 Å². The zero-order valence-corrected chi connectivity index (χ0v) is 18.9. The van der Waals surface area contributed by atoms with Gasteiger partial charge in [0, 0.05) is 24.6 Å². The number of rotatable bonds is 9. The highest BCUT2D eigenvalue weighted by atomic mass is 35.5. The third-order valence-electron chi connectivity index (χ3n) is 6.42. The maximum absolute atomic E-state index is 13.5. The Kier molecular flexibility index (Phi) is 7.50. The van der Waals surface area contributed by atoms with Crippen molar-refractivity contribution in [3.05, 3.63) is 58.9 Å². The number of benzene rings is 2. The lowest BCUT2D eigenvalue weighted by molar-refractivity contribution is -0.136. The van der Waals surface area contributed by atoms with Crippen molar-refractivity contribution in [3.63, 3.8) is 0 Å². The molecule has 0 heterocycles. The minimum Gasteiger partial charge on any atom is -0.484 e. The Hall–Kier alpha value is -2.94. The summed E-state index contributed by atoms with van der Waals surface area (Å²) in [4.78, 5) is 25.2. The summed E-state index contributed by atoms with van der Waals surface area (Å²) < 4.78 is 47.7. The molecule has 3 aliphatic rings. The number of carbonyl (C=O) groups is 2. The van der Waals surface area contributed by atoms with Gasteiger partial charge in [0.25, 0.3) is 5.91 Å². The second-order valence-corrected chi connectivity index (χ2v) is 9.02. The minimum atomic E-state index is -2.89. The molecule has 2 atom stereocenters. The molecular formula is C24H24ClF3N2O4. The molecule has 2 amide bonds. The van der Waals surface area contributed by atoms with Crippen molar-refractivity contribution in [2.24, 2.45) is 17.8 Å². The van der Waals surface area contributed by atoms with Gasteiger partial charge in [-0.05, 0) is 60.9 Å². The summed E-state index contributed by atoms with van der Waals surface area (Å²) in [6.45, 7) is -2.89. The zero-order chi connectivity index (χ0) is 24.2. The molecule has 0 aliphatic heterocycles. The van der Waals surface area contributed by atoms with Gasteiger partial charge in [0.05, 0.1) is 5.02 Å². The molecule has 2 aromatic carbocycles. The lowest BCUT2D eigenvalue weighted by Gasteiger charge is -2.50. The molecule has 10 heteroatoms. The average Bonchev–Trinajstić information content (AvgIpc) is 2.78. The summed E-state index contributed by atoms with van der Waals surface area (Å²) in [6.07, 6.45) is 2.27. The van der Waals surface area contributed by atoms with E-state index in [-0.39, 0.29) is 59.4 Å². The van der Waals surface area contributed by atoms with Crippen LogP contribution in [0.25, 0.3) is 0 Å². The molecule has 3 aliphatic carbocycles. The van der Waals surface area contributed by atoms with Crippen LogP contribution in [0.4, 0.5) is 13.2 Å². The molecule has 0 radical (unpaired) electrons. The van der Waals surface area contributed by atoms with Crippen molar-refractivity contribution < 1.29 is 32.2 Å². The molecule has 0 saturated heterocycles. The molecule has 2 bridgehead atoms. The molecule has 1 unspecified atom stereocenters. The predicted molar refractivity (Wildman–Crippen MR) is 118 cm³/mol. The third-order valence-corrected chi connectivity index (χ3v) is 6.72.